The molecule has 0 bridgehead atoms. The minimum absolute atomic E-state index is 0.0349. The van der Waals surface area contributed by atoms with Gasteiger partial charge in [0.15, 0.2) is 0 Å². The number of aryl methyl sites for hydroxylation is 2. The Kier molecular flexibility index (Phi) is 6.46. The SMILES string of the molecule is COC(=O)c1cc(F)c(-c2nn(Cc3c(C)cccc3C(F)(F)F)c3ccc(C)c(F)c23)cc1OC. The van der Waals surface area contributed by atoms with Crippen molar-refractivity contribution in [3.63, 3.8) is 0 Å². The molecular formula is C26H21F5N2O3. The van der Waals surface area contributed by atoms with Crippen LogP contribution in [0.15, 0.2) is 42.5 Å². The molecule has 5 nitrogen and oxygen atoms in total. The summed E-state index contributed by atoms with van der Waals surface area (Å²) >= 11 is 0. The first-order valence-corrected chi connectivity index (χ1v) is 10.8. The fourth-order valence-electron chi connectivity index (χ4n) is 4.14. The highest BCUT2D eigenvalue weighted by atomic mass is 19.4. The maximum absolute atomic E-state index is 15.4. The molecule has 0 N–H and O–H groups in total. The van der Waals surface area contributed by atoms with Gasteiger partial charge in [0.05, 0.1) is 37.2 Å². The zero-order valence-electron chi connectivity index (χ0n) is 19.8. The van der Waals surface area contributed by atoms with Crippen molar-refractivity contribution in [3.8, 4) is 17.0 Å². The van der Waals surface area contributed by atoms with Gasteiger partial charge in [0.2, 0.25) is 0 Å². The summed E-state index contributed by atoms with van der Waals surface area (Å²) in [4.78, 5) is 12.0. The summed E-state index contributed by atoms with van der Waals surface area (Å²) in [6, 6.07) is 8.88. The van der Waals surface area contributed by atoms with Gasteiger partial charge >= 0.3 is 12.1 Å². The molecule has 0 amide bonds. The molecule has 3 aromatic carbocycles. The largest absolute Gasteiger partial charge is 0.496 e. The molecule has 36 heavy (non-hydrogen) atoms. The van der Waals surface area contributed by atoms with Crippen molar-refractivity contribution in [1.82, 2.24) is 9.78 Å². The molecular weight excluding hydrogens is 483 g/mol. The summed E-state index contributed by atoms with van der Waals surface area (Å²) in [7, 11) is 2.39. The van der Waals surface area contributed by atoms with Gasteiger partial charge in [0.1, 0.15) is 28.6 Å². The van der Waals surface area contributed by atoms with Gasteiger partial charge in [-0.15, -0.1) is 0 Å². The number of benzene rings is 3. The van der Waals surface area contributed by atoms with Crippen molar-refractivity contribution < 1.29 is 36.2 Å². The fraction of sp³-hybridized carbons (Fsp3) is 0.231. The van der Waals surface area contributed by atoms with E-state index in [1.807, 2.05) is 0 Å². The number of carbonyl (C=O) groups is 1. The third kappa shape index (κ3) is 4.27. The van der Waals surface area contributed by atoms with E-state index in [1.54, 1.807) is 0 Å². The van der Waals surface area contributed by atoms with E-state index in [0.29, 0.717) is 5.56 Å². The Morgan fingerprint density at radius 1 is 1.03 bits per heavy atom. The number of aromatic nitrogens is 2. The minimum Gasteiger partial charge on any atom is -0.496 e. The van der Waals surface area contributed by atoms with Gasteiger partial charge in [-0.1, -0.05) is 18.2 Å². The van der Waals surface area contributed by atoms with Gasteiger partial charge in [-0.2, -0.15) is 18.3 Å². The number of hydrogen-bond donors (Lipinski definition) is 0. The number of halogens is 5. The highest BCUT2D eigenvalue weighted by Crippen LogP contribution is 2.38. The van der Waals surface area contributed by atoms with Gasteiger partial charge in [0.25, 0.3) is 0 Å². The van der Waals surface area contributed by atoms with Gasteiger partial charge in [-0.3, -0.25) is 4.68 Å². The number of esters is 1. The Balaban J connectivity index is 1.98. The molecule has 0 fully saturated rings. The highest BCUT2D eigenvalue weighted by Gasteiger charge is 2.34. The van der Waals surface area contributed by atoms with E-state index < -0.39 is 29.3 Å². The Hall–Kier alpha value is -3.95. The van der Waals surface area contributed by atoms with E-state index in [-0.39, 0.29) is 51.1 Å². The minimum atomic E-state index is -4.61. The lowest BCUT2D eigenvalue weighted by atomic mass is 10.0. The fourth-order valence-corrected chi connectivity index (χ4v) is 4.14. The average molecular weight is 504 g/mol. The molecule has 0 aliphatic heterocycles. The molecule has 4 aromatic rings. The topological polar surface area (TPSA) is 53.3 Å². The van der Waals surface area contributed by atoms with Gasteiger partial charge in [-0.25, -0.2) is 13.6 Å². The van der Waals surface area contributed by atoms with Crippen molar-refractivity contribution >= 4 is 16.9 Å². The molecule has 1 aromatic heterocycles. The maximum Gasteiger partial charge on any atom is 0.416 e. The summed E-state index contributed by atoms with van der Waals surface area (Å²) in [6.45, 7) is 2.72. The summed E-state index contributed by atoms with van der Waals surface area (Å²) in [5, 5.41) is 4.28. The predicted molar refractivity (Wildman–Crippen MR) is 123 cm³/mol. The van der Waals surface area contributed by atoms with E-state index in [0.717, 1.165) is 19.2 Å². The Morgan fingerprint density at radius 2 is 1.75 bits per heavy atom. The third-order valence-electron chi connectivity index (χ3n) is 6.02. The zero-order valence-corrected chi connectivity index (χ0v) is 19.8. The second-order valence-corrected chi connectivity index (χ2v) is 8.22. The molecule has 1 heterocycles. The Morgan fingerprint density at radius 3 is 2.39 bits per heavy atom. The Labute approximate surface area is 203 Å². The second kappa shape index (κ2) is 9.25. The van der Waals surface area contributed by atoms with Crippen molar-refractivity contribution in [3.05, 3.63) is 81.9 Å². The summed E-state index contributed by atoms with van der Waals surface area (Å²) in [5.74, 6) is -2.47. The van der Waals surface area contributed by atoms with Gasteiger partial charge in [0, 0.05) is 5.56 Å². The molecule has 0 saturated carbocycles. The quantitative estimate of drug-likeness (QED) is 0.231. The molecule has 0 radical (unpaired) electrons. The molecule has 0 aliphatic carbocycles. The van der Waals surface area contributed by atoms with Crippen LogP contribution < -0.4 is 4.74 Å². The smallest absolute Gasteiger partial charge is 0.416 e. The Bertz CT molecular complexity index is 1490. The second-order valence-electron chi connectivity index (χ2n) is 8.22. The first-order chi connectivity index (χ1) is 17.0. The van der Waals surface area contributed by atoms with Crippen LogP contribution in [0.4, 0.5) is 22.0 Å². The van der Waals surface area contributed by atoms with Crippen LogP contribution in [0.5, 0.6) is 5.75 Å². The van der Waals surface area contributed by atoms with Crippen molar-refractivity contribution in [2.45, 2.75) is 26.6 Å². The summed E-state index contributed by atoms with van der Waals surface area (Å²) in [6.07, 6.45) is -4.61. The van der Waals surface area contributed by atoms with Gasteiger partial charge in [-0.05, 0) is 54.8 Å². The van der Waals surface area contributed by atoms with Crippen LogP contribution in [0.2, 0.25) is 0 Å². The van der Waals surface area contributed by atoms with E-state index in [4.69, 9.17) is 4.74 Å². The van der Waals surface area contributed by atoms with Crippen molar-refractivity contribution in [2.75, 3.05) is 14.2 Å². The van der Waals surface area contributed by atoms with Crippen LogP contribution >= 0.6 is 0 Å². The van der Waals surface area contributed by atoms with Crippen LogP contribution in [0.25, 0.3) is 22.2 Å². The monoisotopic (exact) mass is 504 g/mol. The molecule has 0 atom stereocenters. The predicted octanol–water partition coefficient (Wildman–Crippen LogP) is 6.46. The number of ether oxygens (including phenoxy) is 2. The highest BCUT2D eigenvalue weighted by molar-refractivity contribution is 5.97. The van der Waals surface area contributed by atoms with Crippen molar-refractivity contribution in [1.29, 1.82) is 0 Å². The van der Waals surface area contributed by atoms with Crippen LogP contribution in [0.1, 0.15) is 32.6 Å². The lowest BCUT2D eigenvalue weighted by molar-refractivity contribution is -0.138. The number of nitrogens with zero attached hydrogens (tertiary/aromatic N) is 2. The first kappa shape index (κ1) is 25.2. The molecule has 0 saturated heterocycles. The van der Waals surface area contributed by atoms with E-state index >= 15 is 8.78 Å². The lowest BCUT2D eigenvalue weighted by Crippen LogP contribution is -2.14. The number of hydrogen-bond acceptors (Lipinski definition) is 4. The summed E-state index contributed by atoms with van der Waals surface area (Å²) < 4.78 is 82.8. The number of fused-ring (bicyclic) bond motifs is 1. The number of carbonyl (C=O) groups excluding carboxylic acids is 1. The van der Waals surface area contributed by atoms with Crippen molar-refractivity contribution in [2.24, 2.45) is 0 Å². The van der Waals surface area contributed by atoms with Gasteiger partial charge < -0.3 is 9.47 Å². The standard InChI is InChI=1S/C26H21F5N2O3/c1-13-6-5-7-18(26(29,30)31)17(13)12-33-20-9-8-14(2)23(28)22(20)24(32-33)15-11-21(35-3)16(10-19(15)27)25(34)36-4/h5-11H,12H2,1-4H3. The summed E-state index contributed by atoms with van der Waals surface area (Å²) in [5.41, 5.74) is -0.589. The van der Waals surface area contributed by atoms with Crippen LogP contribution in [-0.2, 0) is 17.5 Å². The van der Waals surface area contributed by atoms with Crippen LogP contribution in [0.3, 0.4) is 0 Å². The maximum atomic E-state index is 15.4. The van der Waals surface area contributed by atoms with E-state index in [2.05, 4.69) is 9.84 Å². The number of rotatable bonds is 5. The molecule has 0 spiro atoms. The lowest BCUT2D eigenvalue weighted by Gasteiger charge is -2.15. The molecule has 188 valence electrons. The van der Waals surface area contributed by atoms with E-state index in [9.17, 15) is 18.0 Å². The zero-order chi connectivity index (χ0) is 26.4. The number of alkyl halides is 3. The molecule has 0 unspecified atom stereocenters. The average Bonchev–Trinajstić information content (AvgIpc) is 3.19. The van der Waals surface area contributed by atoms with Crippen LogP contribution in [0, 0.1) is 25.5 Å². The molecule has 10 heteroatoms. The molecule has 0 aliphatic rings. The first-order valence-electron chi connectivity index (χ1n) is 10.8. The van der Waals surface area contributed by atoms with Crippen LogP contribution in [-0.4, -0.2) is 30.0 Å². The molecule has 4 rings (SSSR count). The number of methoxy groups -OCH3 is 2. The third-order valence-corrected chi connectivity index (χ3v) is 6.02. The van der Waals surface area contributed by atoms with E-state index in [1.165, 1.54) is 56.0 Å². The normalized spacial score (nSPS) is 11.7.